The molecule has 0 aliphatic rings. The number of rotatable bonds is 9. The largest absolute Gasteiger partial charge is 0.389 e. The maximum absolute atomic E-state index is 9.70. The zero-order chi connectivity index (χ0) is 12.4. The van der Waals surface area contributed by atoms with E-state index in [1.54, 1.807) is 0 Å². The number of aliphatic hydroxyl groups excluding tert-OH is 1. The topological polar surface area (TPSA) is 20.2 Å². The smallest absolute Gasteiger partial charge is 0.0720 e. The number of hydrogen-bond acceptors (Lipinski definition) is 1. The minimum absolute atomic E-state index is 0.210. The highest BCUT2D eigenvalue weighted by Gasteiger charge is 2.10. The lowest BCUT2D eigenvalue weighted by molar-refractivity contribution is 0.208. The molecule has 1 unspecified atom stereocenters. The van der Waals surface area contributed by atoms with Crippen molar-refractivity contribution in [1.82, 2.24) is 0 Å². The first kappa shape index (κ1) is 15.9. The van der Waals surface area contributed by atoms with E-state index < -0.39 is 8.07 Å². The molecule has 0 radical (unpaired) electrons. The van der Waals surface area contributed by atoms with Gasteiger partial charge in [-0.25, -0.2) is 0 Å². The van der Waals surface area contributed by atoms with Crippen molar-refractivity contribution in [2.75, 3.05) is 0 Å². The van der Waals surface area contributed by atoms with Crippen LogP contribution in [0.3, 0.4) is 0 Å². The van der Waals surface area contributed by atoms with Crippen molar-refractivity contribution >= 4 is 8.07 Å². The second kappa shape index (κ2) is 9.00. The van der Waals surface area contributed by atoms with Crippen molar-refractivity contribution in [3.8, 4) is 0 Å². The summed E-state index contributed by atoms with van der Waals surface area (Å²) in [7, 11) is -0.898. The zero-order valence-electron chi connectivity index (χ0n) is 11.6. The molecule has 0 saturated carbocycles. The third-order valence-electron chi connectivity index (χ3n) is 2.77. The van der Waals surface area contributed by atoms with E-state index in [-0.39, 0.29) is 6.10 Å². The Labute approximate surface area is 103 Å². The number of allylic oxidation sites excluding steroid dienone is 1. The average molecular weight is 242 g/mol. The number of aliphatic hydroxyl groups is 1. The molecule has 0 aromatic rings. The summed E-state index contributed by atoms with van der Waals surface area (Å²) >= 11 is 0. The van der Waals surface area contributed by atoms with Crippen LogP contribution in [0.5, 0.6) is 0 Å². The Kier molecular flexibility index (Phi) is 8.95. The predicted molar refractivity (Wildman–Crippen MR) is 76.7 cm³/mol. The Morgan fingerprint density at radius 1 is 1.12 bits per heavy atom. The summed E-state index contributed by atoms with van der Waals surface area (Å²) in [6, 6.07) is 1.33. The molecular weight excluding hydrogens is 212 g/mol. The zero-order valence-corrected chi connectivity index (χ0v) is 12.6. The first-order valence-corrected chi connectivity index (χ1v) is 10.5. The summed E-state index contributed by atoms with van der Waals surface area (Å²) in [6.45, 7) is 9.39. The molecule has 0 saturated heterocycles. The summed E-state index contributed by atoms with van der Waals surface area (Å²) < 4.78 is 0. The van der Waals surface area contributed by atoms with Gasteiger partial charge >= 0.3 is 0 Å². The predicted octanol–water partition coefficient (Wildman–Crippen LogP) is 4.60. The lowest BCUT2D eigenvalue weighted by Gasteiger charge is -2.13. The van der Waals surface area contributed by atoms with Gasteiger partial charge in [0.2, 0.25) is 0 Å². The van der Waals surface area contributed by atoms with E-state index in [0.29, 0.717) is 0 Å². The van der Waals surface area contributed by atoms with Crippen molar-refractivity contribution in [2.45, 2.75) is 77.2 Å². The quantitative estimate of drug-likeness (QED) is 0.356. The second-order valence-electron chi connectivity index (χ2n) is 5.94. The van der Waals surface area contributed by atoms with Crippen LogP contribution in [-0.4, -0.2) is 19.3 Å². The first-order valence-electron chi connectivity index (χ1n) is 6.80. The van der Waals surface area contributed by atoms with Crippen LogP contribution in [0.4, 0.5) is 0 Å². The standard InChI is InChI=1S/C14H30OSi/c1-5-6-7-8-11-14(15)12-9-10-13-16(2,3)4/h9,12,14-15H,5-8,10-11,13H2,1-4H3/b12-9+. The minimum Gasteiger partial charge on any atom is -0.389 e. The highest BCUT2D eigenvalue weighted by atomic mass is 28.3. The van der Waals surface area contributed by atoms with Gasteiger partial charge in [-0.2, -0.15) is 0 Å². The van der Waals surface area contributed by atoms with E-state index in [9.17, 15) is 5.11 Å². The molecule has 1 nitrogen and oxygen atoms in total. The van der Waals surface area contributed by atoms with Gasteiger partial charge in [0.1, 0.15) is 0 Å². The Bertz CT molecular complexity index is 182. The van der Waals surface area contributed by atoms with Crippen molar-refractivity contribution < 1.29 is 5.11 Å². The maximum Gasteiger partial charge on any atom is 0.0720 e. The summed E-state index contributed by atoms with van der Waals surface area (Å²) in [5, 5.41) is 9.70. The molecule has 16 heavy (non-hydrogen) atoms. The normalized spacial score (nSPS) is 14.6. The van der Waals surface area contributed by atoms with E-state index in [0.717, 1.165) is 19.3 Å². The van der Waals surface area contributed by atoms with Gasteiger partial charge in [0.15, 0.2) is 0 Å². The van der Waals surface area contributed by atoms with E-state index in [4.69, 9.17) is 0 Å². The van der Waals surface area contributed by atoms with Crippen molar-refractivity contribution in [3.63, 3.8) is 0 Å². The van der Waals surface area contributed by atoms with Gasteiger partial charge < -0.3 is 5.11 Å². The summed E-state index contributed by atoms with van der Waals surface area (Å²) in [6.07, 6.45) is 11.0. The van der Waals surface area contributed by atoms with Crippen LogP contribution < -0.4 is 0 Å². The lowest BCUT2D eigenvalue weighted by Crippen LogP contribution is -2.18. The van der Waals surface area contributed by atoms with Gasteiger partial charge in [-0.3, -0.25) is 0 Å². The van der Waals surface area contributed by atoms with Crippen LogP contribution in [0.25, 0.3) is 0 Å². The van der Waals surface area contributed by atoms with Gasteiger partial charge in [0.05, 0.1) is 6.10 Å². The monoisotopic (exact) mass is 242 g/mol. The number of unbranched alkanes of at least 4 members (excludes halogenated alkanes) is 3. The minimum atomic E-state index is -0.898. The van der Waals surface area contributed by atoms with E-state index in [1.165, 1.54) is 25.3 Å². The van der Waals surface area contributed by atoms with Crippen molar-refractivity contribution in [3.05, 3.63) is 12.2 Å². The average Bonchev–Trinajstić information content (AvgIpc) is 2.18. The SMILES string of the molecule is CCCCCCC(O)/C=C/CC[Si](C)(C)C. The Morgan fingerprint density at radius 2 is 1.81 bits per heavy atom. The van der Waals surface area contributed by atoms with Gasteiger partial charge in [-0.05, 0) is 12.8 Å². The maximum atomic E-state index is 9.70. The fourth-order valence-corrected chi connectivity index (χ4v) is 2.68. The Hall–Kier alpha value is -0.0831. The molecule has 2 heteroatoms. The van der Waals surface area contributed by atoms with Gasteiger partial charge in [0.25, 0.3) is 0 Å². The van der Waals surface area contributed by atoms with Crippen LogP contribution in [-0.2, 0) is 0 Å². The van der Waals surface area contributed by atoms with Crippen molar-refractivity contribution in [1.29, 1.82) is 0 Å². The molecule has 1 N–H and O–H groups in total. The van der Waals surface area contributed by atoms with Crippen LogP contribution in [0.1, 0.15) is 45.4 Å². The molecular formula is C14H30OSi. The third kappa shape index (κ3) is 12.0. The van der Waals surface area contributed by atoms with Gasteiger partial charge in [-0.1, -0.05) is 70.4 Å². The summed E-state index contributed by atoms with van der Waals surface area (Å²) in [4.78, 5) is 0. The molecule has 96 valence electrons. The molecule has 0 bridgehead atoms. The highest BCUT2D eigenvalue weighted by molar-refractivity contribution is 6.76. The van der Waals surface area contributed by atoms with Crippen LogP contribution >= 0.6 is 0 Å². The Morgan fingerprint density at radius 3 is 2.38 bits per heavy atom. The van der Waals surface area contributed by atoms with E-state index in [1.807, 2.05) is 6.08 Å². The molecule has 0 amide bonds. The second-order valence-corrected chi connectivity index (χ2v) is 11.6. The fraction of sp³-hybridized carbons (Fsp3) is 0.857. The molecule has 0 fully saturated rings. The molecule has 1 atom stereocenters. The number of hydrogen-bond donors (Lipinski definition) is 1. The molecule has 0 aromatic heterocycles. The highest BCUT2D eigenvalue weighted by Crippen LogP contribution is 2.12. The van der Waals surface area contributed by atoms with Gasteiger partial charge in [-0.15, -0.1) is 0 Å². The van der Waals surface area contributed by atoms with Crippen LogP contribution in [0.15, 0.2) is 12.2 Å². The summed E-state index contributed by atoms with van der Waals surface area (Å²) in [5.41, 5.74) is 0. The molecule has 0 aromatic carbocycles. The first-order chi connectivity index (χ1) is 7.45. The third-order valence-corrected chi connectivity index (χ3v) is 4.56. The Balaban J connectivity index is 3.47. The molecule has 0 aliphatic carbocycles. The van der Waals surface area contributed by atoms with Crippen LogP contribution in [0, 0.1) is 0 Å². The van der Waals surface area contributed by atoms with Crippen LogP contribution in [0.2, 0.25) is 25.7 Å². The molecule has 0 heterocycles. The van der Waals surface area contributed by atoms with Crippen molar-refractivity contribution in [2.24, 2.45) is 0 Å². The molecule has 0 rings (SSSR count). The molecule has 0 aliphatic heterocycles. The van der Waals surface area contributed by atoms with Gasteiger partial charge in [0, 0.05) is 8.07 Å². The summed E-state index contributed by atoms with van der Waals surface area (Å²) in [5.74, 6) is 0. The lowest BCUT2D eigenvalue weighted by atomic mass is 10.1. The molecule has 0 spiro atoms. The fourth-order valence-electron chi connectivity index (χ4n) is 1.65. The van der Waals surface area contributed by atoms with E-state index >= 15 is 0 Å². The van der Waals surface area contributed by atoms with E-state index in [2.05, 4.69) is 32.6 Å².